The first-order valence-electron chi connectivity index (χ1n) is 7.97. The van der Waals surface area contributed by atoms with Crippen molar-refractivity contribution in [3.8, 4) is 5.75 Å². The number of amides is 1. The van der Waals surface area contributed by atoms with Crippen LogP contribution < -0.4 is 10.1 Å². The molecule has 1 amide bonds. The lowest BCUT2D eigenvalue weighted by Crippen LogP contribution is -2.42. The van der Waals surface area contributed by atoms with E-state index in [1.165, 1.54) is 0 Å². The number of carbonyl (C=O) groups excluding carboxylic acids is 1. The predicted molar refractivity (Wildman–Crippen MR) is 93.2 cm³/mol. The number of rotatable bonds is 8. The van der Waals surface area contributed by atoms with Gasteiger partial charge in [0.15, 0.2) is 0 Å². The standard InChI is InChI=1S/C17H26N2O3.ClH/c1-18-13-15-7-9-19(10-8-15)17(20)14-21-11-12-22-16-5-3-2-4-6-16;/h2-6,15,18H,7-14H2,1H3;1H. The Bertz CT molecular complexity index is 437. The van der Waals surface area contributed by atoms with E-state index in [-0.39, 0.29) is 24.9 Å². The summed E-state index contributed by atoms with van der Waals surface area (Å²) in [6.07, 6.45) is 2.15. The predicted octanol–water partition coefficient (Wildman–Crippen LogP) is 1.96. The number of benzene rings is 1. The van der Waals surface area contributed by atoms with E-state index < -0.39 is 0 Å². The van der Waals surface area contributed by atoms with E-state index in [1.54, 1.807) is 0 Å². The highest BCUT2D eigenvalue weighted by Gasteiger charge is 2.22. The lowest BCUT2D eigenvalue weighted by atomic mass is 9.97. The van der Waals surface area contributed by atoms with Crippen LogP contribution in [0.4, 0.5) is 0 Å². The van der Waals surface area contributed by atoms with Crippen LogP contribution in [0, 0.1) is 5.92 Å². The Morgan fingerprint density at radius 3 is 2.57 bits per heavy atom. The molecular formula is C17H27ClN2O3. The van der Waals surface area contributed by atoms with Crippen molar-refractivity contribution in [3.63, 3.8) is 0 Å². The summed E-state index contributed by atoms with van der Waals surface area (Å²) < 4.78 is 10.9. The summed E-state index contributed by atoms with van der Waals surface area (Å²) in [5, 5.41) is 3.20. The number of likely N-dealkylation sites (tertiary alicyclic amines) is 1. The maximum atomic E-state index is 12.0. The summed E-state index contributed by atoms with van der Waals surface area (Å²) in [7, 11) is 1.98. The van der Waals surface area contributed by atoms with Crippen LogP contribution in [-0.2, 0) is 9.53 Å². The number of para-hydroxylation sites is 1. The lowest BCUT2D eigenvalue weighted by molar-refractivity contribution is -0.137. The fraction of sp³-hybridized carbons (Fsp3) is 0.588. The first kappa shape index (κ1) is 19.7. The van der Waals surface area contributed by atoms with Gasteiger partial charge >= 0.3 is 0 Å². The Kier molecular flexibility index (Phi) is 9.67. The molecule has 0 bridgehead atoms. The zero-order chi connectivity index (χ0) is 15.6. The second kappa shape index (κ2) is 11.3. The van der Waals surface area contributed by atoms with Gasteiger partial charge in [0, 0.05) is 13.1 Å². The normalized spacial score (nSPS) is 15.1. The number of piperidine rings is 1. The number of nitrogens with one attached hydrogen (secondary N) is 1. The summed E-state index contributed by atoms with van der Waals surface area (Å²) in [6, 6.07) is 9.61. The van der Waals surface area contributed by atoms with Crippen molar-refractivity contribution in [2.24, 2.45) is 5.92 Å². The van der Waals surface area contributed by atoms with E-state index in [1.807, 2.05) is 42.3 Å². The van der Waals surface area contributed by atoms with E-state index in [0.717, 1.165) is 38.2 Å². The van der Waals surface area contributed by atoms with Crippen molar-refractivity contribution in [3.05, 3.63) is 30.3 Å². The number of nitrogens with zero attached hydrogens (tertiary/aromatic N) is 1. The summed E-state index contributed by atoms with van der Waals surface area (Å²) in [5.74, 6) is 1.60. The molecule has 1 aromatic rings. The summed E-state index contributed by atoms with van der Waals surface area (Å²) >= 11 is 0. The molecule has 130 valence electrons. The topological polar surface area (TPSA) is 50.8 Å². The van der Waals surface area contributed by atoms with Crippen molar-refractivity contribution in [1.82, 2.24) is 10.2 Å². The molecule has 0 spiro atoms. The number of halogens is 1. The van der Waals surface area contributed by atoms with Crippen molar-refractivity contribution in [2.45, 2.75) is 12.8 Å². The molecule has 0 radical (unpaired) electrons. The third kappa shape index (κ3) is 7.20. The molecule has 1 aliphatic heterocycles. The molecule has 1 fully saturated rings. The van der Waals surface area contributed by atoms with Gasteiger partial charge < -0.3 is 19.7 Å². The molecule has 1 aromatic carbocycles. The number of hydrogen-bond acceptors (Lipinski definition) is 4. The fourth-order valence-electron chi connectivity index (χ4n) is 2.66. The van der Waals surface area contributed by atoms with E-state index in [0.29, 0.717) is 19.1 Å². The zero-order valence-electron chi connectivity index (χ0n) is 13.7. The summed E-state index contributed by atoms with van der Waals surface area (Å²) in [5.41, 5.74) is 0. The highest BCUT2D eigenvalue weighted by atomic mass is 35.5. The first-order valence-corrected chi connectivity index (χ1v) is 7.97. The largest absolute Gasteiger partial charge is 0.491 e. The lowest BCUT2D eigenvalue weighted by Gasteiger charge is -2.31. The Morgan fingerprint density at radius 1 is 1.22 bits per heavy atom. The molecule has 1 N–H and O–H groups in total. The van der Waals surface area contributed by atoms with Crippen LogP contribution in [0.1, 0.15) is 12.8 Å². The summed E-state index contributed by atoms with van der Waals surface area (Å²) in [4.78, 5) is 13.9. The maximum Gasteiger partial charge on any atom is 0.248 e. The molecule has 1 aliphatic rings. The molecule has 0 saturated carbocycles. The molecule has 2 rings (SSSR count). The summed E-state index contributed by atoms with van der Waals surface area (Å²) in [6.45, 7) is 3.76. The molecule has 0 aliphatic carbocycles. The zero-order valence-corrected chi connectivity index (χ0v) is 14.5. The van der Waals surface area contributed by atoms with Gasteiger partial charge in [-0.15, -0.1) is 12.4 Å². The SMILES string of the molecule is CNCC1CCN(C(=O)COCCOc2ccccc2)CC1.Cl. The minimum atomic E-state index is 0. The van der Waals surface area contributed by atoms with Gasteiger partial charge in [0.05, 0.1) is 6.61 Å². The average Bonchev–Trinajstić information content (AvgIpc) is 2.56. The van der Waals surface area contributed by atoms with Gasteiger partial charge in [0.1, 0.15) is 19.0 Å². The van der Waals surface area contributed by atoms with E-state index in [2.05, 4.69) is 5.32 Å². The van der Waals surface area contributed by atoms with Gasteiger partial charge in [-0.05, 0) is 44.5 Å². The molecule has 6 heteroatoms. The highest BCUT2D eigenvalue weighted by molar-refractivity contribution is 5.85. The van der Waals surface area contributed by atoms with Crippen LogP contribution in [0.2, 0.25) is 0 Å². The monoisotopic (exact) mass is 342 g/mol. The second-order valence-corrected chi connectivity index (χ2v) is 5.60. The quantitative estimate of drug-likeness (QED) is 0.734. The van der Waals surface area contributed by atoms with E-state index in [4.69, 9.17) is 9.47 Å². The molecule has 1 heterocycles. The van der Waals surface area contributed by atoms with Gasteiger partial charge in [0.2, 0.25) is 5.91 Å². The molecule has 23 heavy (non-hydrogen) atoms. The molecular weight excluding hydrogens is 316 g/mol. The first-order chi connectivity index (χ1) is 10.8. The maximum absolute atomic E-state index is 12.0. The molecule has 0 aromatic heterocycles. The third-order valence-corrected chi connectivity index (χ3v) is 3.93. The van der Waals surface area contributed by atoms with Gasteiger partial charge in [0.25, 0.3) is 0 Å². The highest BCUT2D eigenvalue weighted by Crippen LogP contribution is 2.16. The van der Waals surface area contributed by atoms with Crippen LogP contribution >= 0.6 is 12.4 Å². The molecule has 0 atom stereocenters. The van der Waals surface area contributed by atoms with Gasteiger partial charge in [-0.25, -0.2) is 0 Å². The number of hydrogen-bond donors (Lipinski definition) is 1. The van der Waals surface area contributed by atoms with E-state index >= 15 is 0 Å². The van der Waals surface area contributed by atoms with Crippen molar-refractivity contribution in [2.75, 3.05) is 46.5 Å². The molecule has 5 nitrogen and oxygen atoms in total. The van der Waals surface area contributed by atoms with Crippen LogP contribution in [-0.4, -0.2) is 57.3 Å². The minimum absolute atomic E-state index is 0. The van der Waals surface area contributed by atoms with Crippen molar-refractivity contribution in [1.29, 1.82) is 0 Å². The van der Waals surface area contributed by atoms with Gasteiger partial charge in [-0.1, -0.05) is 18.2 Å². The molecule has 0 unspecified atom stereocenters. The van der Waals surface area contributed by atoms with Crippen LogP contribution in [0.15, 0.2) is 30.3 Å². The Morgan fingerprint density at radius 2 is 1.91 bits per heavy atom. The minimum Gasteiger partial charge on any atom is -0.491 e. The fourth-order valence-corrected chi connectivity index (χ4v) is 2.66. The number of carbonyl (C=O) groups is 1. The average molecular weight is 343 g/mol. The number of ether oxygens (including phenoxy) is 2. The molecule has 1 saturated heterocycles. The van der Waals surface area contributed by atoms with Crippen molar-refractivity contribution >= 4 is 18.3 Å². The smallest absolute Gasteiger partial charge is 0.248 e. The van der Waals surface area contributed by atoms with Gasteiger partial charge in [-0.3, -0.25) is 4.79 Å². The Balaban J connectivity index is 0.00000264. The van der Waals surface area contributed by atoms with Crippen LogP contribution in [0.5, 0.6) is 5.75 Å². The van der Waals surface area contributed by atoms with Gasteiger partial charge in [-0.2, -0.15) is 0 Å². The Labute approximate surface area is 144 Å². The van der Waals surface area contributed by atoms with E-state index in [9.17, 15) is 4.79 Å². The van der Waals surface area contributed by atoms with Crippen LogP contribution in [0.25, 0.3) is 0 Å². The second-order valence-electron chi connectivity index (χ2n) is 5.60. The van der Waals surface area contributed by atoms with Crippen LogP contribution in [0.3, 0.4) is 0 Å². The van der Waals surface area contributed by atoms with Crippen molar-refractivity contribution < 1.29 is 14.3 Å². The third-order valence-electron chi connectivity index (χ3n) is 3.93. The Hall–Kier alpha value is -1.30.